The largest absolute Gasteiger partial charge is 0.573 e. The number of hydrogen-bond donors (Lipinski definition) is 1. The third kappa shape index (κ3) is 7.21. The van der Waals surface area contributed by atoms with Crippen LogP contribution in [0.3, 0.4) is 0 Å². The fourth-order valence-corrected chi connectivity index (χ4v) is 3.68. The number of esters is 1. The number of carbonyl (C=O) groups is 1. The van der Waals surface area contributed by atoms with Gasteiger partial charge in [-0.15, -0.1) is 13.2 Å². The van der Waals surface area contributed by atoms with E-state index in [1.54, 1.807) is 25.3 Å². The van der Waals surface area contributed by atoms with Crippen molar-refractivity contribution in [3.8, 4) is 5.75 Å². The van der Waals surface area contributed by atoms with Crippen molar-refractivity contribution in [3.63, 3.8) is 0 Å². The second-order valence-corrected chi connectivity index (χ2v) is 9.04. The van der Waals surface area contributed by atoms with E-state index in [4.69, 9.17) is 9.47 Å². The summed E-state index contributed by atoms with van der Waals surface area (Å²) in [6.45, 7) is 9.70. The second kappa shape index (κ2) is 10.0. The van der Waals surface area contributed by atoms with Crippen LogP contribution in [0.4, 0.5) is 24.9 Å². The van der Waals surface area contributed by atoms with Crippen LogP contribution in [0.5, 0.6) is 5.75 Å². The number of alkyl halides is 3. The molecule has 0 radical (unpaired) electrons. The second-order valence-electron chi connectivity index (χ2n) is 9.04. The molecule has 1 saturated heterocycles. The van der Waals surface area contributed by atoms with Gasteiger partial charge in [-0.3, -0.25) is 4.79 Å². The van der Waals surface area contributed by atoms with Crippen LogP contribution in [0.25, 0.3) is 0 Å². The van der Waals surface area contributed by atoms with Crippen molar-refractivity contribution in [2.24, 2.45) is 0 Å². The summed E-state index contributed by atoms with van der Waals surface area (Å²) >= 11 is 0. The number of carbonyl (C=O) groups excluding carboxylic acids is 1. The van der Waals surface area contributed by atoms with Gasteiger partial charge in [-0.25, -0.2) is 4.98 Å². The predicted octanol–water partition coefficient (Wildman–Crippen LogP) is 4.48. The normalized spacial score (nSPS) is 18.8. The van der Waals surface area contributed by atoms with Gasteiger partial charge in [0.05, 0.1) is 23.8 Å². The Hall–Kier alpha value is -3.08. The van der Waals surface area contributed by atoms with Crippen LogP contribution in [0.1, 0.15) is 46.2 Å². The van der Waals surface area contributed by atoms with E-state index < -0.39 is 12.4 Å². The third-order valence-electron chi connectivity index (χ3n) is 5.07. The molecule has 0 spiro atoms. The van der Waals surface area contributed by atoms with E-state index in [0.29, 0.717) is 11.4 Å². The van der Waals surface area contributed by atoms with Gasteiger partial charge in [-0.1, -0.05) is 12.1 Å². The lowest BCUT2D eigenvalue weighted by atomic mass is 10.1. The monoisotopic (exact) mass is 482 g/mol. The Labute approximate surface area is 196 Å². The van der Waals surface area contributed by atoms with E-state index in [0.717, 1.165) is 0 Å². The van der Waals surface area contributed by atoms with Gasteiger partial charge in [-0.05, 0) is 58.4 Å². The van der Waals surface area contributed by atoms with Crippen LogP contribution >= 0.6 is 0 Å². The van der Waals surface area contributed by atoms with Crippen molar-refractivity contribution in [2.45, 2.75) is 64.8 Å². The highest BCUT2D eigenvalue weighted by molar-refractivity contribution is 5.77. The zero-order chi connectivity index (χ0) is 25.1. The van der Waals surface area contributed by atoms with Gasteiger partial charge in [0, 0.05) is 6.20 Å². The van der Waals surface area contributed by atoms with E-state index in [1.165, 1.54) is 18.2 Å². The maximum Gasteiger partial charge on any atom is 0.573 e. The maximum absolute atomic E-state index is 12.5. The van der Waals surface area contributed by atoms with Crippen LogP contribution in [-0.4, -0.2) is 53.2 Å². The number of nitrogens with zero attached hydrogens (tertiary/aromatic N) is 3. The minimum Gasteiger partial charge on any atom is -0.462 e. The molecule has 3 rings (SSSR count). The minimum atomic E-state index is -4.77. The first kappa shape index (κ1) is 25.5. The van der Waals surface area contributed by atoms with Crippen molar-refractivity contribution >= 4 is 17.7 Å². The molecule has 0 aliphatic carbocycles. The summed E-state index contributed by atoms with van der Waals surface area (Å²) in [6, 6.07) is 6.70. The summed E-state index contributed by atoms with van der Waals surface area (Å²) in [5.41, 5.74) is 0.174. The van der Waals surface area contributed by atoms with Crippen molar-refractivity contribution in [3.05, 3.63) is 42.1 Å². The molecule has 1 aliphatic heterocycles. The van der Waals surface area contributed by atoms with Crippen molar-refractivity contribution < 1.29 is 32.2 Å². The summed E-state index contributed by atoms with van der Waals surface area (Å²) in [7, 11) is 0. The number of morpholine rings is 1. The number of halogens is 3. The van der Waals surface area contributed by atoms with Crippen LogP contribution < -0.4 is 15.0 Å². The number of aromatic nitrogens is 2. The molecule has 186 valence electrons. The standard InChI is InChI=1S/C23H29F3N4O4/c1-14(16-7-6-8-17(11-16)34-23(24,25)26)28-21-27-10-9-19(29-21)30-12-20(31)32-13-18(30)15(2)33-22(3,4)5/h6-11,14-15,18H,12-13H2,1-5H3,(H,27,28,29)/t14-,15+,18+/m0/s1. The Balaban J connectivity index is 1.78. The molecule has 1 aromatic carbocycles. The number of nitrogens with one attached hydrogen (secondary N) is 1. The number of rotatable bonds is 7. The molecule has 1 fully saturated rings. The Morgan fingerprint density at radius 3 is 2.62 bits per heavy atom. The van der Waals surface area contributed by atoms with Gasteiger partial charge < -0.3 is 24.4 Å². The molecule has 1 aliphatic rings. The quantitative estimate of drug-likeness (QED) is 0.578. The first-order valence-electron chi connectivity index (χ1n) is 10.9. The van der Waals surface area contributed by atoms with Gasteiger partial charge in [0.2, 0.25) is 5.95 Å². The van der Waals surface area contributed by atoms with Gasteiger partial charge in [0.1, 0.15) is 24.7 Å². The van der Waals surface area contributed by atoms with E-state index in [-0.39, 0.29) is 48.6 Å². The molecule has 3 atom stereocenters. The molecule has 11 heteroatoms. The predicted molar refractivity (Wildman–Crippen MR) is 120 cm³/mol. The Bertz CT molecular complexity index is 997. The van der Waals surface area contributed by atoms with E-state index in [2.05, 4.69) is 20.0 Å². The summed E-state index contributed by atoms with van der Waals surface area (Å²) < 4.78 is 53.0. The fraction of sp³-hybridized carbons (Fsp3) is 0.522. The van der Waals surface area contributed by atoms with Gasteiger partial charge in [0.25, 0.3) is 0 Å². The third-order valence-corrected chi connectivity index (χ3v) is 5.07. The highest BCUT2D eigenvalue weighted by Crippen LogP contribution is 2.28. The van der Waals surface area contributed by atoms with Crippen molar-refractivity contribution in [1.82, 2.24) is 9.97 Å². The minimum absolute atomic E-state index is 0.00530. The van der Waals surface area contributed by atoms with Gasteiger partial charge in [0.15, 0.2) is 0 Å². The number of anilines is 2. The molecule has 2 aromatic rings. The summed E-state index contributed by atoms with van der Waals surface area (Å²) in [4.78, 5) is 22.6. The average molecular weight is 483 g/mol. The van der Waals surface area contributed by atoms with Crippen molar-refractivity contribution in [1.29, 1.82) is 0 Å². The van der Waals surface area contributed by atoms with Gasteiger partial charge >= 0.3 is 12.3 Å². The lowest BCUT2D eigenvalue weighted by Gasteiger charge is -2.40. The van der Waals surface area contributed by atoms with E-state index in [9.17, 15) is 18.0 Å². The first-order valence-corrected chi connectivity index (χ1v) is 10.9. The van der Waals surface area contributed by atoms with Crippen LogP contribution in [0.2, 0.25) is 0 Å². The van der Waals surface area contributed by atoms with E-state index in [1.807, 2.05) is 32.6 Å². The SMILES string of the molecule is C[C@H](Nc1nccc(N2CC(=O)OC[C@@H]2[C@@H](C)OC(C)(C)C)n1)c1cccc(OC(F)(F)F)c1. The smallest absolute Gasteiger partial charge is 0.462 e. The zero-order valence-corrected chi connectivity index (χ0v) is 19.7. The van der Waals surface area contributed by atoms with Crippen LogP contribution in [-0.2, 0) is 14.3 Å². The highest BCUT2D eigenvalue weighted by Gasteiger charge is 2.35. The molecule has 0 unspecified atom stereocenters. The molecule has 0 amide bonds. The summed E-state index contributed by atoms with van der Waals surface area (Å²) in [5.74, 6) is 0.0806. The summed E-state index contributed by atoms with van der Waals surface area (Å²) in [6.07, 6.45) is -3.48. The van der Waals surface area contributed by atoms with Gasteiger partial charge in [-0.2, -0.15) is 4.98 Å². The number of cyclic esters (lactones) is 1. The molecule has 2 heterocycles. The Morgan fingerprint density at radius 1 is 1.21 bits per heavy atom. The molecule has 1 N–H and O–H groups in total. The number of ether oxygens (including phenoxy) is 3. The molecule has 0 bridgehead atoms. The molecule has 8 nitrogen and oxygen atoms in total. The molecule has 0 saturated carbocycles. The fourth-order valence-electron chi connectivity index (χ4n) is 3.68. The summed E-state index contributed by atoms with van der Waals surface area (Å²) in [5, 5.41) is 3.09. The molecule has 34 heavy (non-hydrogen) atoms. The highest BCUT2D eigenvalue weighted by atomic mass is 19.4. The molecular weight excluding hydrogens is 453 g/mol. The lowest BCUT2D eigenvalue weighted by Crippen LogP contribution is -2.55. The first-order chi connectivity index (χ1) is 15.8. The molecular formula is C23H29F3N4O4. The maximum atomic E-state index is 12.5. The van der Waals surface area contributed by atoms with E-state index >= 15 is 0 Å². The Kier molecular flexibility index (Phi) is 7.54. The number of hydrogen-bond acceptors (Lipinski definition) is 8. The Morgan fingerprint density at radius 2 is 1.94 bits per heavy atom. The van der Waals surface area contributed by atoms with Crippen LogP contribution in [0, 0.1) is 0 Å². The average Bonchev–Trinajstić information content (AvgIpc) is 2.71. The zero-order valence-electron chi connectivity index (χ0n) is 19.7. The van der Waals surface area contributed by atoms with Crippen molar-refractivity contribution in [2.75, 3.05) is 23.4 Å². The topological polar surface area (TPSA) is 85.8 Å². The van der Waals surface area contributed by atoms with Crippen LogP contribution in [0.15, 0.2) is 36.5 Å². The molecule has 1 aromatic heterocycles. The lowest BCUT2D eigenvalue weighted by molar-refractivity contribution is -0.274. The number of benzene rings is 1.